The lowest BCUT2D eigenvalue weighted by Gasteiger charge is -2.19. The number of rotatable bonds is 15. The Bertz CT molecular complexity index is 965. The largest absolute Gasteiger partial charge is 0.444 e. The van der Waals surface area contributed by atoms with Crippen molar-refractivity contribution in [3.63, 3.8) is 0 Å². The molecule has 0 fully saturated rings. The van der Waals surface area contributed by atoms with Crippen LogP contribution < -0.4 is 21.3 Å². The second kappa shape index (κ2) is 16.8. The maximum Gasteiger partial charge on any atom is 0.407 e. The Kier molecular flexibility index (Phi) is 13.8. The second-order valence-corrected chi connectivity index (χ2v) is 11.7. The minimum Gasteiger partial charge on any atom is -0.444 e. The van der Waals surface area contributed by atoms with E-state index >= 15 is 0 Å². The van der Waals surface area contributed by atoms with Crippen molar-refractivity contribution in [2.45, 2.75) is 91.5 Å². The molecule has 2 heterocycles. The Labute approximate surface area is 239 Å². The maximum absolute atomic E-state index is 11.7. The summed E-state index contributed by atoms with van der Waals surface area (Å²) in [6, 6.07) is 8.13. The van der Waals surface area contributed by atoms with Gasteiger partial charge in [-0.3, -0.25) is 9.97 Å². The summed E-state index contributed by atoms with van der Waals surface area (Å²) < 4.78 is 10.5. The molecule has 0 aliphatic heterocycles. The number of nitrogens with one attached hydrogen (secondary N) is 4. The Morgan fingerprint density at radius 3 is 1.40 bits per heavy atom. The molecule has 4 N–H and O–H groups in total. The predicted octanol–water partition coefficient (Wildman–Crippen LogP) is 4.93. The number of ether oxygens (including phenoxy) is 2. The summed E-state index contributed by atoms with van der Waals surface area (Å²) in [7, 11) is 0. The van der Waals surface area contributed by atoms with E-state index < -0.39 is 11.2 Å². The molecule has 10 heteroatoms. The highest BCUT2D eigenvalue weighted by Gasteiger charge is 2.16. The van der Waals surface area contributed by atoms with Gasteiger partial charge in [-0.2, -0.15) is 0 Å². The highest BCUT2D eigenvalue weighted by molar-refractivity contribution is 5.67. The number of aromatic nitrogens is 2. The van der Waals surface area contributed by atoms with Gasteiger partial charge in [-0.15, -0.1) is 0 Å². The summed E-state index contributed by atoms with van der Waals surface area (Å²) in [5.74, 6) is 0. The van der Waals surface area contributed by atoms with Crippen LogP contribution in [0.2, 0.25) is 0 Å². The number of nitrogens with zero attached hydrogens (tertiary/aromatic N) is 2. The number of unbranched alkanes of at least 4 members (excludes halogenated alkanes) is 2. The van der Waals surface area contributed by atoms with Gasteiger partial charge in [0.15, 0.2) is 0 Å². The van der Waals surface area contributed by atoms with Gasteiger partial charge in [-0.1, -0.05) is 0 Å². The van der Waals surface area contributed by atoms with Crippen LogP contribution in [0.25, 0.3) is 11.4 Å². The van der Waals surface area contributed by atoms with Gasteiger partial charge in [-0.25, -0.2) is 9.59 Å². The first-order valence-electron chi connectivity index (χ1n) is 14.2. The third-order valence-electron chi connectivity index (χ3n) is 5.47. The van der Waals surface area contributed by atoms with Crippen molar-refractivity contribution in [3.8, 4) is 11.4 Å². The molecule has 0 unspecified atom stereocenters. The van der Waals surface area contributed by atoms with Crippen LogP contribution in [0.4, 0.5) is 9.59 Å². The summed E-state index contributed by atoms with van der Waals surface area (Å²) >= 11 is 0. The molecule has 0 aliphatic carbocycles. The average molecular weight is 557 g/mol. The maximum atomic E-state index is 11.7. The number of pyridine rings is 2. The van der Waals surface area contributed by atoms with Crippen molar-refractivity contribution in [1.82, 2.24) is 31.2 Å². The lowest BCUT2D eigenvalue weighted by atomic mass is 10.1. The number of hydrogen-bond donors (Lipinski definition) is 4. The normalized spacial score (nSPS) is 11.7. The molecule has 0 atom stereocenters. The van der Waals surface area contributed by atoms with Crippen LogP contribution in [0.3, 0.4) is 0 Å². The molecule has 10 nitrogen and oxygen atoms in total. The third-order valence-corrected chi connectivity index (χ3v) is 5.47. The van der Waals surface area contributed by atoms with E-state index in [9.17, 15) is 9.59 Å². The van der Waals surface area contributed by atoms with E-state index in [0.29, 0.717) is 13.1 Å². The molecule has 2 rings (SSSR count). The predicted molar refractivity (Wildman–Crippen MR) is 158 cm³/mol. The zero-order valence-corrected chi connectivity index (χ0v) is 25.1. The minimum atomic E-state index is -0.479. The minimum absolute atomic E-state index is 0.372. The number of carbonyl (C=O) groups excluding carboxylic acids is 2. The number of carbonyl (C=O) groups is 2. The van der Waals surface area contributed by atoms with Crippen molar-refractivity contribution in [3.05, 3.63) is 47.8 Å². The molecule has 0 spiro atoms. The van der Waals surface area contributed by atoms with Crippen LogP contribution in [-0.2, 0) is 22.6 Å². The Morgan fingerprint density at radius 1 is 0.650 bits per heavy atom. The fourth-order valence-electron chi connectivity index (χ4n) is 3.67. The second-order valence-electron chi connectivity index (χ2n) is 11.7. The lowest BCUT2D eigenvalue weighted by molar-refractivity contribution is 0.0515. The fraction of sp³-hybridized carbons (Fsp3) is 0.600. The molecular formula is C30H48N6O4. The molecule has 2 aromatic rings. The quantitative estimate of drug-likeness (QED) is 0.228. The Hall–Kier alpha value is -3.24. The van der Waals surface area contributed by atoms with Crippen molar-refractivity contribution < 1.29 is 19.1 Å². The summed E-state index contributed by atoms with van der Waals surface area (Å²) in [6.07, 6.45) is 6.54. The smallest absolute Gasteiger partial charge is 0.407 e. The zero-order valence-electron chi connectivity index (χ0n) is 25.1. The molecule has 0 radical (unpaired) electrons. The summed E-state index contributed by atoms with van der Waals surface area (Å²) in [6.45, 7) is 15.5. The van der Waals surface area contributed by atoms with Gasteiger partial charge < -0.3 is 30.7 Å². The van der Waals surface area contributed by atoms with E-state index in [1.165, 1.54) is 0 Å². The van der Waals surface area contributed by atoms with Gasteiger partial charge in [0.05, 0.1) is 11.4 Å². The van der Waals surface area contributed by atoms with Gasteiger partial charge in [0, 0.05) is 38.6 Å². The van der Waals surface area contributed by atoms with Crippen molar-refractivity contribution >= 4 is 12.2 Å². The van der Waals surface area contributed by atoms with Gasteiger partial charge in [-0.05, 0) is 116 Å². The van der Waals surface area contributed by atoms with Crippen molar-refractivity contribution in [1.29, 1.82) is 0 Å². The molecule has 40 heavy (non-hydrogen) atoms. The zero-order chi connectivity index (χ0) is 29.4. The van der Waals surface area contributed by atoms with E-state index in [4.69, 9.17) is 9.47 Å². The highest BCUT2D eigenvalue weighted by Crippen LogP contribution is 2.17. The van der Waals surface area contributed by atoms with E-state index in [0.717, 1.165) is 74.4 Å². The SMILES string of the molecule is CC(C)(C)OC(=O)NCCCCNCc1ccnc(-c2cc(CNCCCCNC(=O)OC(C)(C)C)ccn2)c1. The number of hydrogen-bond acceptors (Lipinski definition) is 8. The molecule has 0 aromatic carbocycles. The van der Waals surface area contributed by atoms with Crippen LogP contribution in [0.5, 0.6) is 0 Å². The van der Waals surface area contributed by atoms with Crippen LogP contribution in [0, 0.1) is 0 Å². The first kappa shape index (κ1) is 33.0. The molecule has 2 amide bonds. The highest BCUT2D eigenvalue weighted by atomic mass is 16.6. The van der Waals surface area contributed by atoms with Crippen LogP contribution >= 0.6 is 0 Å². The molecule has 0 aliphatic rings. The summed E-state index contributed by atoms with van der Waals surface area (Å²) in [5, 5.41) is 12.5. The van der Waals surface area contributed by atoms with Gasteiger partial charge in [0.25, 0.3) is 0 Å². The molecular weight excluding hydrogens is 508 g/mol. The van der Waals surface area contributed by atoms with Gasteiger partial charge >= 0.3 is 12.2 Å². The van der Waals surface area contributed by atoms with E-state index in [-0.39, 0.29) is 12.2 Å². The summed E-state index contributed by atoms with van der Waals surface area (Å²) in [4.78, 5) is 32.4. The lowest BCUT2D eigenvalue weighted by Crippen LogP contribution is -2.33. The number of alkyl carbamates (subject to hydrolysis) is 2. The van der Waals surface area contributed by atoms with Crippen molar-refractivity contribution in [2.24, 2.45) is 0 Å². The van der Waals surface area contributed by atoms with E-state index in [2.05, 4.69) is 43.4 Å². The molecule has 0 bridgehead atoms. The molecule has 222 valence electrons. The number of amides is 2. The topological polar surface area (TPSA) is 126 Å². The monoisotopic (exact) mass is 556 g/mol. The first-order valence-corrected chi connectivity index (χ1v) is 14.2. The van der Waals surface area contributed by atoms with Crippen LogP contribution in [-0.4, -0.2) is 59.5 Å². The molecule has 2 aromatic heterocycles. The van der Waals surface area contributed by atoms with Crippen LogP contribution in [0.15, 0.2) is 36.7 Å². The van der Waals surface area contributed by atoms with E-state index in [1.54, 1.807) is 0 Å². The first-order chi connectivity index (χ1) is 18.9. The molecule has 0 saturated carbocycles. The standard InChI is InChI=1S/C30H48N6O4/c1-29(2,3)39-27(37)35-15-9-7-13-31-21-23-11-17-33-25(19-23)26-20-24(12-18-34-26)22-32-14-8-10-16-36-28(38)40-30(4,5)6/h11-12,17-20,31-32H,7-10,13-16,21-22H2,1-6H3,(H,35,37)(H,36,38). The van der Waals surface area contributed by atoms with Crippen LogP contribution in [0.1, 0.15) is 78.4 Å². The summed E-state index contributed by atoms with van der Waals surface area (Å²) in [5.41, 5.74) is 3.01. The Balaban J connectivity index is 1.65. The van der Waals surface area contributed by atoms with Gasteiger partial charge in [0.1, 0.15) is 11.2 Å². The fourth-order valence-corrected chi connectivity index (χ4v) is 3.67. The third kappa shape index (κ3) is 15.4. The van der Waals surface area contributed by atoms with E-state index in [1.807, 2.05) is 66.1 Å². The average Bonchev–Trinajstić information content (AvgIpc) is 2.86. The molecule has 0 saturated heterocycles. The van der Waals surface area contributed by atoms with Gasteiger partial charge in [0.2, 0.25) is 0 Å². The van der Waals surface area contributed by atoms with Crippen molar-refractivity contribution in [2.75, 3.05) is 26.2 Å². The Morgan fingerprint density at radius 2 is 1.02 bits per heavy atom.